The van der Waals surface area contributed by atoms with Gasteiger partial charge in [-0.3, -0.25) is 0 Å². The van der Waals surface area contributed by atoms with Crippen LogP contribution in [-0.4, -0.2) is 30.1 Å². The van der Waals surface area contributed by atoms with E-state index in [-0.39, 0.29) is 24.0 Å². The number of hydrogen-bond acceptors (Lipinski definition) is 4. The standard InChI is InChI=1S/C11H22NO3SSi.HI/c1-11-12(8-9-16-11)7-5-6-10-17(13-2,14-3)15-4;/h8-9H,5-7,10H2,1-4H3;1H/q+1;/p-1. The maximum atomic E-state index is 5.39. The average molecular weight is 403 g/mol. The predicted octanol–water partition coefficient (Wildman–Crippen LogP) is -0.994. The van der Waals surface area contributed by atoms with Crippen molar-refractivity contribution >= 4 is 20.1 Å². The van der Waals surface area contributed by atoms with Crippen LogP contribution in [0.1, 0.15) is 17.8 Å². The number of halogens is 1. The molecule has 0 N–H and O–H groups in total. The molecule has 1 rings (SSSR count). The van der Waals surface area contributed by atoms with E-state index in [1.165, 1.54) is 5.01 Å². The first kappa shape index (κ1) is 18.5. The van der Waals surface area contributed by atoms with Gasteiger partial charge >= 0.3 is 8.80 Å². The van der Waals surface area contributed by atoms with Crippen LogP contribution in [0.25, 0.3) is 0 Å². The molecule has 1 aromatic heterocycles. The van der Waals surface area contributed by atoms with Gasteiger partial charge in [-0.25, -0.2) is 0 Å². The van der Waals surface area contributed by atoms with Gasteiger partial charge in [-0.2, -0.15) is 4.57 Å². The molecule has 1 aromatic rings. The van der Waals surface area contributed by atoms with Gasteiger partial charge in [0.1, 0.15) is 6.54 Å². The molecule has 0 aromatic carbocycles. The van der Waals surface area contributed by atoms with Crippen LogP contribution < -0.4 is 28.5 Å². The van der Waals surface area contributed by atoms with Crippen molar-refractivity contribution in [3.05, 3.63) is 16.6 Å². The van der Waals surface area contributed by atoms with E-state index in [0.717, 1.165) is 25.4 Å². The van der Waals surface area contributed by atoms with Crippen molar-refractivity contribution in [1.82, 2.24) is 0 Å². The Kier molecular flexibility index (Phi) is 9.61. The van der Waals surface area contributed by atoms with Gasteiger partial charge in [0, 0.05) is 40.7 Å². The molecule has 7 heteroatoms. The summed E-state index contributed by atoms with van der Waals surface area (Å²) in [5.41, 5.74) is 0. The summed E-state index contributed by atoms with van der Waals surface area (Å²) in [6.07, 6.45) is 4.31. The van der Waals surface area contributed by atoms with Crippen molar-refractivity contribution in [1.29, 1.82) is 0 Å². The van der Waals surface area contributed by atoms with Crippen LogP contribution in [0.5, 0.6) is 0 Å². The summed E-state index contributed by atoms with van der Waals surface area (Å²) in [5.74, 6) is 0. The van der Waals surface area contributed by atoms with Crippen LogP contribution in [-0.2, 0) is 19.8 Å². The Labute approximate surface area is 132 Å². The van der Waals surface area contributed by atoms with Gasteiger partial charge in [-0.1, -0.05) is 11.3 Å². The molecule has 0 atom stereocenters. The lowest BCUT2D eigenvalue weighted by Gasteiger charge is -2.23. The third kappa shape index (κ3) is 5.22. The summed E-state index contributed by atoms with van der Waals surface area (Å²) in [4.78, 5) is 0. The zero-order valence-electron chi connectivity index (χ0n) is 11.4. The molecule has 0 aliphatic rings. The molecular formula is C11H22INO3SSi. The Balaban J connectivity index is 0.00000289. The van der Waals surface area contributed by atoms with Gasteiger partial charge in [0.15, 0.2) is 6.20 Å². The summed E-state index contributed by atoms with van der Waals surface area (Å²) >= 11 is 1.78. The first-order valence-corrected chi connectivity index (χ1v) is 8.57. The third-order valence-electron chi connectivity index (χ3n) is 2.95. The Morgan fingerprint density at radius 1 is 1.17 bits per heavy atom. The molecule has 0 amide bonds. The lowest BCUT2D eigenvalue weighted by Crippen LogP contribution is -3.00. The third-order valence-corrected chi connectivity index (χ3v) is 6.61. The van der Waals surface area contributed by atoms with Gasteiger partial charge in [0.25, 0.3) is 0 Å². The van der Waals surface area contributed by atoms with Crippen molar-refractivity contribution in [3.63, 3.8) is 0 Å². The highest BCUT2D eigenvalue weighted by Gasteiger charge is 2.36. The smallest absolute Gasteiger partial charge is 0.500 e. The summed E-state index contributed by atoms with van der Waals surface area (Å²) in [5, 5.41) is 3.46. The molecular weight excluding hydrogens is 381 g/mol. The van der Waals surface area contributed by atoms with E-state index in [0.29, 0.717) is 0 Å². The highest BCUT2D eigenvalue weighted by atomic mass is 127. The SMILES string of the molecule is CO[Si](CCCC[n+]1ccsc1C)(OC)OC.[I-]. The van der Waals surface area contributed by atoms with Crippen molar-refractivity contribution in [2.45, 2.75) is 32.4 Å². The Morgan fingerprint density at radius 2 is 1.78 bits per heavy atom. The second kappa shape index (κ2) is 9.37. The van der Waals surface area contributed by atoms with Crippen LogP contribution in [0.2, 0.25) is 6.04 Å². The quantitative estimate of drug-likeness (QED) is 0.242. The normalized spacial score (nSPS) is 11.3. The maximum absolute atomic E-state index is 5.39. The topological polar surface area (TPSA) is 31.6 Å². The number of aromatic nitrogens is 1. The predicted molar refractivity (Wildman–Crippen MR) is 70.1 cm³/mol. The Hall–Kier alpha value is 0.457. The average Bonchev–Trinajstić information content (AvgIpc) is 2.76. The lowest BCUT2D eigenvalue weighted by molar-refractivity contribution is -0.698. The fraction of sp³-hybridized carbons (Fsp3) is 0.727. The fourth-order valence-electron chi connectivity index (χ4n) is 1.79. The van der Waals surface area contributed by atoms with Crippen LogP contribution in [0, 0.1) is 6.92 Å². The fourth-order valence-corrected chi connectivity index (χ4v) is 4.27. The second-order valence-electron chi connectivity index (χ2n) is 3.87. The van der Waals surface area contributed by atoms with E-state index in [1.54, 1.807) is 32.7 Å². The summed E-state index contributed by atoms with van der Waals surface area (Å²) in [6.45, 7) is 3.19. The van der Waals surface area contributed by atoms with Gasteiger partial charge in [-0.15, -0.1) is 0 Å². The van der Waals surface area contributed by atoms with Crippen molar-refractivity contribution < 1.29 is 41.8 Å². The molecule has 0 spiro atoms. The molecule has 0 fully saturated rings. The first-order valence-electron chi connectivity index (χ1n) is 5.76. The zero-order valence-corrected chi connectivity index (χ0v) is 15.4. The van der Waals surface area contributed by atoms with Crippen LogP contribution >= 0.6 is 11.3 Å². The Bertz CT molecular complexity index is 326. The van der Waals surface area contributed by atoms with E-state index in [4.69, 9.17) is 13.3 Å². The van der Waals surface area contributed by atoms with Gasteiger partial charge in [-0.05, 0) is 6.42 Å². The van der Waals surface area contributed by atoms with E-state index < -0.39 is 8.80 Å². The molecule has 0 unspecified atom stereocenters. The lowest BCUT2D eigenvalue weighted by atomic mass is 10.3. The second-order valence-corrected chi connectivity index (χ2v) is 8.06. The Morgan fingerprint density at radius 3 is 2.22 bits per heavy atom. The van der Waals surface area contributed by atoms with Crippen molar-refractivity contribution in [2.75, 3.05) is 21.3 Å². The molecule has 0 aliphatic heterocycles. The van der Waals surface area contributed by atoms with Crippen LogP contribution in [0.4, 0.5) is 0 Å². The molecule has 18 heavy (non-hydrogen) atoms. The molecule has 0 bridgehead atoms. The molecule has 0 aliphatic carbocycles. The monoisotopic (exact) mass is 403 g/mol. The van der Waals surface area contributed by atoms with Crippen LogP contribution in [0.3, 0.4) is 0 Å². The zero-order chi connectivity index (χ0) is 12.7. The molecule has 0 saturated carbocycles. The number of aryl methyl sites for hydroxylation is 2. The number of thiazole rings is 1. The van der Waals surface area contributed by atoms with E-state index in [1.807, 2.05) is 0 Å². The van der Waals surface area contributed by atoms with E-state index in [2.05, 4.69) is 23.1 Å². The minimum Gasteiger partial charge on any atom is -1.00 e. The molecule has 0 radical (unpaired) electrons. The molecule has 106 valence electrons. The number of rotatable bonds is 8. The summed E-state index contributed by atoms with van der Waals surface area (Å²) < 4.78 is 18.4. The number of unbranched alkanes of at least 4 members (excludes halogenated alkanes) is 1. The molecule has 1 heterocycles. The highest BCUT2D eigenvalue weighted by molar-refractivity contribution is 7.09. The number of nitrogens with zero attached hydrogens (tertiary/aromatic N) is 1. The van der Waals surface area contributed by atoms with E-state index in [9.17, 15) is 0 Å². The summed E-state index contributed by atoms with van der Waals surface area (Å²) in [6, 6.07) is 0.875. The largest absolute Gasteiger partial charge is 1.00 e. The minimum atomic E-state index is -2.36. The van der Waals surface area contributed by atoms with Crippen molar-refractivity contribution in [2.24, 2.45) is 0 Å². The van der Waals surface area contributed by atoms with Gasteiger partial charge in [0.05, 0.1) is 5.38 Å². The van der Waals surface area contributed by atoms with Gasteiger partial charge in [0.2, 0.25) is 5.01 Å². The molecule has 4 nitrogen and oxygen atoms in total. The first-order chi connectivity index (χ1) is 8.17. The highest BCUT2D eigenvalue weighted by Crippen LogP contribution is 2.16. The minimum absolute atomic E-state index is 0. The van der Waals surface area contributed by atoms with Crippen molar-refractivity contribution in [3.8, 4) is 0 Å². The summed E-state index contributed by atoms with van der Waals surface area (Å²) in [7, 11) is 2.63. The van der Waals surface area contributed by atoms with E-state index >= 15 is 0 Å². The number of hydrogen-bond donors (Lipinski definition) is 0. The molecule has 0 saturated heterocycles. The maximum Gasteiger partial charge on any atom is 0.500 e. The van der Waals surface area contributed by atoms with Gasteiger partial charge < -0.3 is 37.3 Å². The van der Waals surface area contributed by atoms with Crippen LogP contribution in [0.15, 0.2) is 11.6 Å².